The van der Waals surface area contributed by atoms with Crippen molar-refractivity contribution in [3.8, 4) is 0 Å². The Labute approximate surface area is 175 Å². The number of alkyl halides is 3. The fourth-order valence-corrected chi connectivity index (χ4v) is 3.58. The van der Waals surface area contributed by atoms with Crippen molar-refractivity contribution in [1.29, 1.82) is 0 Å². The number of thioether (sulfide) groups is 1. The van der Waals surface area contributed by atoms with Crippen LogP contribution in [0, 0.1) is 5.82 Å². The quantitative estimate of drug-likeness (QED) is 0.519. The standard InChI is InChI=1S/C20H22F4N4OS/c1-3-19(26,8-10-30-12(2)25)15-11-13(6-7-16(15)21)28-18(29)17-14(20(22,23)24)5-4-9-27-17/h4-7,9,11H,2-3,8,10,25-26H2,1H3,(H,28,29)/t19-/m0/s1. The first-order chi connectivity index (χ1) is 14.0. The summed E-state index contributed by atoms with van der Waals surface area (Å²) in [5.41, 5.74) is 9.18. The van der Waals surface area contributed by atoms with E-state index in [0.717, 1.165) is 24.4 Å². The molecule has 1 amide bonds. The van der Waals surface area contributed by atoms with Gasteiger partial charge in [-0.15, -0.1) is 11.8 Å². The third kappa shape index (κ3) is 5.73. The van der Waals surface area contributed by atoms with Gasteiger partial charge in [0.25, 0.3) is 5.91 Å². The molecule has 0 aliphatic carbocycles. The van der Waals surface area contributed by atoms with Crippen LogP contribution >= 0.6 is 11.8 Å². The summed E-state index contributed by atoms with van der Waals surface area (Å²) in [6, 6.07) is 5.55. The molecule has 1 aromatic heterocycles. The number of hydrogen-bond acceptors (Lipinski definition) is 5. The van der Waals surface area contributed by atoms with E-state index in [4.69, 9.17) is 11.5 Å². The monoisotopic (exact) mass is 442 g/mol. The Morgan fingerprint density at radius 1 is 1.27 bits per heavy atom. The van der Waals surface area contributed by atoms with Gasteiger partial charge in [0.05, 0.1) is 10.6 Å². The minimum atomic E-state index is -4.74. The van der Waals surface area contributed by atoms with Gasteiger partial charge in [0.2, 0.25) is 0 Å². The SMILES string of the molecule is C=C(N)SCC[C@@](N)(CC)c1cc(NC(=O)c2ncccc2C(F)(F)F)ccc1F. The average molecular weight is 442 g/mol. The van der Waals surface area contributed by atoms with Gasteiger partial charge >= 0.3 is 6.18 Å². The van der Waals surface area contributed by atoms with Crippen LogP contribution in [-0.2, 0) is 11.7 Å². The molecule has 0 spiro atoms. The molecule has 1 aromatic carbocycles. The van der Waals surface area contributed by atoms with Crippen LogP contribution in [0.5, 0.6) is 0 Å². The number of hydrogen-bond donors (Lipinski definition) is 3. The van der Waals surface area contributed by atoms with Crippen LogP contribution in [0.1, 0.15) is 41.4 Å². The lowest BCUT2D eigenvalue weighted by Gasteiger charge is -2.29. The second kappa shape index (κ2) is 9.48. The molecular weight excluding hydrogens is 420 g/mol. The molecule has 5 N–H and O–H groups in total. The molecule has 0 aliphatic heterocycles. The number of benzene rings is 1. The third-order valence-electron chi connectivity index (χ3n) is 4.56. The lowest BCUT2D eigenvalue weighted by Crippen LogP contribution is -2.37. The van der Waals surface area contributed by atoms with Gasteiger partial charge in [0.1, 0.15) is 11.5 Å². The number of carbonyl (C=O) groups excluding carboxylic acids is 1. The average Bonchev–Trinajstić information content (AvgIpc) is 2.68. The molecule has 10 heteroatoms. The lowest BCUT2D eigenvalue weighted by atomic mass is 9.85. The van der Waals surface area contributed by atoms with Gasteiger partial charge in [-0.05, 0) is 43.2 Å². The Morgan fingerprint density at radius 3 is 2.57 bits per heavy atom. The highest BCUT2D eigenvalue weighted by Crippen LogP contribution is 2.33. The molecule has 0 unspecified atom stereocenters. The number of anilines is 1. The molecule has 1 heterocycles. The normalized spacial score (nSPS) is 13.5. The van der Waals surface area contributed by atoms with E-state index in [1.807, 2.05) is 0 Å². The van der Waals surface area contributed by atoms with Crippen molar-refractivity contribution in [3.05, 3.63) is 70.8 Å². The van der Waals surface area contributed by atoms with E-state index in [-0.39, 0.29) is 11.3 Å². The summed E-state index contributed by atoms with van der Waals surface area (Å²) in [4.78, 5) is 16.0. The first-order valence-corrected chi connectivity index (χ1v) is 9.96. The molecule has 2 rings (SSSR count). The number of pyridine rings is 1. The number of amides is 1. The zero-order valence-corrected chi connectivity index (χ0v) is 17.0. The van der Waals surface area contributed by atoms with E-state index < -0.39 is 34.7 Å². The van der Waals surface area contributed by atoms with Gasteiger partial charge in [-0.25, -0.2) is 4.39 Å². The number of carbonyl (C=O) groups is 1. The Bertz CT molecular complexity index is 935. The molecule has 0 saturated heterocycles. The Balaban J connectivity index is 2.31. The topological polar surface area (TPSA) is 94.0 Å². The molecule has 0 aliphatic rings. The number of nitrogens with zero attached hydrogens (tertiary/aromatic N) is 1. The molecule has 2 aromatic rings. The largest absolute Gasteiger partial charge is 0.418 e. The Kier molecular flexibility index (Phi) is 7.49. The van der Waals surface area contributed by atoms with Gasteiger partial charge in [-0.2, -0.15) is 13.2 Å². The summed E-state index contributed by atoms with van der Waals surface area (Å²) in [7, 11) is 0. The zero-order chi connectivity index (χ0) is 22.5. The van der Waals surface area contributed by atoms with Crippen LogP contribution in [0.25, 0.3) is 0 Å². The number of nitrogens with two attached hydrogens (primary N) is 2. The highest BCUT2D eigenvalue weighted by molar-refractivity contribution is 8.02. The van der Waals surface area contributed by atoms with Crippen LogP contribution in [0.2, 0.25) is 0 Å². The summed E-state index contributed by atoms with van der Waals surface area (Å²) in [5, 5.41) is 2.75. The third-order valence-corrected chi connectivity index (χ3v) is 5.33. The van der Waals surface area contributed by atoms with Gasteiger partial charge in [0.15, 0.2) is 0 Å². The van der Waals surface area contributed by atoms with Crippen molar-refractivity contribution in [2.24, 2.45) is 11.5 Å². The molecule has 0 radical (unpaired) electrons. The molecule has 30 heavy (non-hydrogen) atoms. The molecule has 1 atom stereocenters. The lowest BCUT2D eigenvalue weighted by molar-refractivity contribution is -0.138. The molecular formula is C20H22F4N4OS. The van der Waals surface area contributed by atoms with E-state index in [2.05, 4.69) is 16.9 Å². The van der Waals surface area contributed by atoms with E-state index >= 15 is 0 Å². The summed E-state index contributed by atoms with van der Waals surface area (Å²) >= 11 is 1.29. The predicted octanol–water partition coefficient (Wildman–Crippen LogP) is 4.61. The van der Waals surface area contributed by atoms with Crippen LogP contribution in [0.3, 0.4) is 0 Å². The van der Waals surface area contributed by atoms with Crippen molar-refractivity contribution in [1.82, 2.24) is 4.98 Å². The number of rotatable bonds is 8. The predicted molar refractivity (Wildman–Crippen MR) is 110 cm³/mol. The van der Waals surface area contributed by atoms with Crippen molar-refractivity contribution < 1.29 is 22.4 Å². The maximum atomic E-state index is 14.5. The Hall–Kier alpha value is -2.59. The van der Waals surface area contributed by atoms with Crippen molar-refractivity contribution in [2.75, 3.05) is 11.1 Å². The van der Waals surface area contributed by atoms with E-state index in [1.165, 1.54) is 23.9 Å². The highest BCUT2D eigenvalue weighted by Gasteiger charge is 2.36. The maximum Gasteiger partial charge on any atom is 0.418 e. The summed E-state index contributed by atoms with van der Waals surface area (Å²) < 4.78 is 53.9. The minimum absolute atomic E-state index is 0.106. The van der Waals surface area contributed by atoms with Gasteiger partial charge in [-0.3, -0.25) is 9.78 Å². The second-order valence-electron chi connectivity index (χ2n) is 6.62. The molecule has 0 bridgehead atoms. The van der Waals surface area contributed by atoms with E-state index in [1.54, 1.807) is 6.92 Å². The molecule has 162 valence electrons. The van der Waals surface area contributed by atoms with Crippen LogP contribution in [0.15, 0.2) is 48.1 Å². The van der Waals surface area contributed by atoms with Crippen molar-refractivity contribution in [3.63, 3.8) is 0 Å². The summed E-state index contributed by atoms with van der Waals surface area (Å²) in [5.74, 6) is -1.14. The number of halogens is 4. The maximum absolute atomic E-state index is 14.5. The number of nitrogens with one attached hydrogen (secondary N) is 1. The first kappa shape index (κ1) is 23.7. The Morgan fingerprint density at radius 2 is 1.97 bits per heavy atom. The van der Waals surface area contributed by atoms with Crippen LogP contribution in [0.4, 0.5) is 23.2 Å². The molecule has 0 fully saturated rings. The van der Waals surface area contributed by atoms with Gasteiger partial charge < -0.3 is 16.8 Å². The van der Waals surface area contributed by atoms with Gasteiger partial charge in [-0.1, -0.05) is 13.5 Å². The number of aromatic nitrogens is 1. The minimum Gasteiger partial charge on any atom is -0.394 e. The fourth-order valence-electron chi connectivity index (χ4n) is 2.86. The summed E-state index contributed by atoms with van der Waals surface area (Å²) in [6.07, 6.45) is -2.89. The van der Waals surface area contributed by atoms with Crippen LogP contribution in [-0.4, -0.2) is 16.6 Å². The highest BCUT2D eigenvalue weighted by atomic mass is 32.2. The molecule has 5 nitrogen and oxygen atoms in total. The molecule has 0 saturated carbocycles. The van der Waals surface area contributed by atoms with Crippen molar-refractivity contribution >= 4 is 23.4 Å². The van der Waals surface area contributed by atoms with Crippen molar-refractivity contribution in [2.45, 2.75) is 31.5 Å². The smallest absolute Gasteiger partial charge is 0.394 e. The van der Waals surface area contributed by atoms with E-state index in [9.17, 15) is 22.4 Å². The van der Waals surface area contributed by atoms with Crippen LogP contribution < -0.4 is 16.8 Å². The zero-order valence-electron chi connectivity index (χ0n) is 16.2. The first-order valence-electron chi connectivity index (χ1n) is 8.97. The second-order valence-corrected chi connectivity index (χ2v) is 7.84. The van der Waals surface area contributed by atoms with Gasteiger partial charge in [0, 0.05) is 28.7 Å². The fraction of sp³-hybridized carbons (Fsp3) is 0.300. The van der Waals surface area contributed by atoms with E-state index in [0.29, 0.717) is 23.6 Å². The summed E-state index contributed by atoms with van der Waals surface area (Å²) in [6.45, 7) is 5.37.